The molecule has 3 aromatic rings. The van der Waals surface area contributed by atoms with E-state index in [0.717, 1.165) is 68.8 Å². The fourth-order valence-electron chi connectivity index (χ4n) is 9.05. The minimum absolute atomic E-state index is 0.115. The molecular weight excluding hydrogens is 691 g/mol. The Kier molecular flexibility index (Phi) is 12.7. The van der Waals surface area contributed by atoms with Gasteiger partial charge in [-0.1, -0.05) is 82.0 Å². The van der Waals surface area contributed by atoms with E-state index in [1.807, 2.05) is 48.9 Å². The zero-order chi connectivity index (χ0) is 36.9. The van der Waals surface area contributed by atoms with Gasteiger partial charge in [0, 0.05) is 31.6 Å². The molecule has 0 amide bonds. The summed E-state index contributed by atoms with van der Waals surface area (Å²) in [5.41, 5.74) is 2.97. The van der Waals surface area contributed by atoms with Crippen LogP contribution in [0.25, 0.3) is 0 Å². The van der Waals surface area contributed by atoms with E-state index in [4.69, 9.17) is 5.10 Å². The average Bonchev–Trinajstić information content (AvgIpc) is 3.46. The highest BCUT2D eigenvalue weighted by Crippen LogP contribution is 2.40. The summed E-state index contributed by atoms with van der Waals surface area (Å²) in [6, 6.07) is 17.9. The number of aryl methyl sites for hydroxylation is 2. The Morgan fingerprint density at radius 1 is 0.885 bits per heavy atom. The fourth-order valence-corrected chi connectivity index (χ4v) is 12.5. The Morgan fingerprint density at radius 3 is 2.17 bits per heavy atom. The number of hydrogen-bond acceptors (Lipinski definition) is 6. The quantitative estimate of drug-likeness (QED) is 0.184. The van der Waals surface area contributed by atoms with Gasteiger partial charge in [-0.25, -0.2) is 16.8 Å². The maximum absolute atomic E-state index is 14.5. The fraction of sp³-hybridized carbons (Fsp3) is 0.634. The van der Waals surface area contributed by atoms with Crippen molar-refractivity contribution in [1.82, 2.24) is 23.7 Å². The van der Waals surface area contributed by atoms with Crippen molar-refractivity contribution in [1.29, 1.82) is 0 Å². The van der Waals surface area contributed by atoms with E-state index >= 15 is 0 Å². The van der Waals surface area contributed by atoms with Gasteiger partial charge >= 0.3 is 0 Å². The lowest BCUT2D eigenvalue weighted by molar-refractivity contribution is 0.189. The minimum Gasteiger partial charge on any atom is -0.317 e. The summed E-state index contributed by atoms with van der Waals surface area (Å²) in [6.45, 7) is 11.3. The predicted molar refractivity (Wildman–Crippen MR) is 209 cm³/mol. The van der Waals surface area contributed by atoms with E-state index in [1.54, 1.807) is 20.7 Å². The Morgan fingerprint density at radius 2 is 1.54 bits per heavy atom. The van der Waals surface area contributed by atoms with E-state index in [-0.39, 0.29) is 12.0 Å². The van der Waals surface area contributed by atoms with Gasteiger partial charge in [0.15, 0.2) is 0 Å². The lowest BCUT2D eigenvalue weighted by Crippen LogP contribution is -2.52. The summed E-state index contributed by atoms with van der Waals surface area (Å²) in [6.07, 6.45) is 12.4. The molecule has 0 unspecified atom stereocenters. The molecule has 0 bridgehead atoms. The van der Waals surface area contributed by atoms with E-state index in [0.29, 0.717) is 54.5 Å². The summed E-state index contributed by atoms with van der Waals surface area (Å²) in [5.74, 6) is 0.900. The average molecular weight is 752 g/mol. The van der Waals surface area contributed by atoms with Crippen LogP contribution < -0.4 is 5.32 Å². The van der Waals surface area contributed by atoms with Crippen LogP contribution in [0.15, 0.2) is 64.4 Å². The summed E-state index contributed by atoms with van der Waals surface area (Å²) in [5, 5.41) is 8.21. The number of nitrogens with zero attached hydrogens (tertiary/aromatic N) is 4. The van der Waals surface area contributed by atoms with E-state index < -0.39 is 25.5 Å². The summed E-state index contributed by atoms with van der Waals surface area (Å²) >= 11 is 0. The Bertz CT molecular complexity index is 1820. The molecule has 9 nitrogen and oxygen atoms in total. The van der Waals surface area contributed by atoms with Crippen LogP contribution in [-0.2, 0) is 31.9 Å². The molecule has 2 aromatic carbocycles. The maximum atomic E-state index is 14.5. The highest BCUT2D eigenvalue weighted by Gasteiger charge is 2.44. The van der Waals surface area contributed by atoms with Crippen LogP contribution in [0.3, 0.4) is 0 Å². The molecule has 3 aliphatic rings. The first kappa shape index (κ1) is 39.1. The summed E-state index contributed by atoms with van der Waals surface area (Å²) in [7, 11) is -7.61. The lowest BCUT2D eigenvalue weighted by atomic mass is 9.73. The van der Waals surface area contributed by atoms with Crippen molar-refractivity contribution in [2.75, 3.05) is 39.3 Å². The van der Waals surface area contributed by atoms with Crippen molar-refractivity contribution in [2.24, 2.45) is 11.8 Å². The van der Waals surface area contributed by atoms with Gasteiger partial charge in [-0.15, -0.1) is 0 Å². The van der Waals surface area contributed by atoms with Crippen molar-refractivity contribution in [3.05, 3.63) is 77.1 Å². The molecule has 1 aliphatic carbocycles. The molecule has 0 radical (unpaired) electrons. The molecule has 2 aliphatic heterocycles. The molecule has 1 N–H and O–H groups in total. The zero-order valence-corrected chi connectivity index (χ0v) is 33.5. The molecule has 2 saturated heterocycles. The lowest BCUT2D eigenvalue weighted by Gasteiger charge is -2.44. The number of hydrogen-bond donors (Lipinski definition) is 1. The molecule has 3 fully saturated rings. The number of nitrogens with one attached hydrogen (secondary N) is 1. The van der Waals surface area contributed by atoms with Gasteiger partial charge in [-0.3, -0.25) is 4.68 Å². The van der Waals surface area contributed by atoms with Gasteiger partial charge in [0.25, 0.3) is 0 Å². The first-order valence-corrected chi connectivity index (χ1v) is 22.7. The van der Waals surface area contributed by atoms with Crippen molar-refractivity contribution in [3.8, 4) is 0 Å². The molecule has 11 heteroatoms. The van der Waals surface area contributed by atoms with Crippen LogP contribution in [0, 0.1) is 25.7 Å². The topological polar surface area (TPSA) is 105 Å². The highest BCUT2D eigenvalue weighted by atomic mass is 32.2. The van der Waals surface area contributed by atoms with Crippen molar-refractivity contribution in [3.63, 3.8) is 0 Å². The second-order valence-electron chi connectivity index (χ2n) is 16.2. The van der Waals surface area contributed by atoms with E-state index in [9.17, 15) is 16.8 Å². The first-order chi connectivity index (χ1) is 24.9. The third kappa shape index (κ3) is 8.70. The van der Waals surface area contributed by atoms with Crippen LogP contribution in [-0.4, -0.2) is 74.5 Å². The van der Waals surface area contributed by atoms with Gasteiger partial charge < -0.3 is 5.32 Å². The third-order valence-electron chi connectivity index (χ3n) is 12.0. The number of rotatable bonds is 14. The van der Waals surface area contributed by atoms with Crippen molar-refractivity contribution in [2.45, 2.75) is 126 Å². The number of sulfonamides is 2. The molecule has 1 aromatic heterocycles. The SMILES string of the molecule is Cc1nn(C2CCCCC2)c(C)c1S(=O)(=O)N1CCC(CN(CC(C)C)S(=O)(=O)c2ccc(CCCC3CCNCC3)cc2)(c2ccccc2)CC1. The number of benzene rings is 2. The monoisotopic (exact) mass is 751 g/mol. The van der Waals surface area contributed by atoms with Crippen LogP contribution >= 0.6 is 0 Å². The van der Waals surface area contributed by atoms with Gasteiger partial charge in [-0.2, -0.15) is 13.7 Å². The van der Waals surface area contributed by atoms with Gasteiger partial charge in [0.05, 0.1) is 22.3 Å². The van der Waals surface area contributed by atoms with Crippen LogP contribution in [0.2, 0.25) is 0 Å². The Balaban J connectivity index is 1.21. The highest BCUT2D eigenvalue weighted by molar-refractivity contribution is 7.89. The molecule has 286 valence electrons. The molecule has 0 spiro atoms. The first-order valence-electron chi connectivity index (χ1n) is 19.8. The smallest absolute Gasteiger partial charge is 0.246 e. The standard InChI is InChI=1S/C41H61N5O4S2/c1-32(2)30-45(51(47,48)39-20-18-35(19-21-39)12-11-13-36-22-26-42-27-23-36)31-41(37-14-7-5-8-15-37)24-28-44(29-25-41)52(49,50)40-33(3)43-46(34(40)4)38-16-9-6-10-17-38/h5,7-8,14-15,18-21,32,36,38,42H,6,9-13,16-17,22-31H2,1-4H3. The van der Waals surface area contributed by atoms with Gasteiger partial charge in [0.1, 0.15) is 4.90 Å². The molecular formula is C41H61N5O4S2. The molecule has 6 rings (SSSR count). The normalized spacial score (nSPS) is 19.8. The largest absolute Gasteiger partial charge is 0.317 e. The van der Waals surface area contributed by atoms with Crippen molar-refractivity contribution >= 4 is 20.0 Å². The Labute approximate surface area is 313 Å². The maximum Gasteiger partial charge on any atom is 0.246 e. The predicted octanol–water partition coefficient (Wildman–Crippen LogP) is 7.40. The van der Waals surface area contributed by atoms with Gasteiger partial charge in [-0.05, 0) is 113 Å². The minimum atomic E-state index is -3.82. The molecule has 3 heterocycles. The molecule has 1 saturated carbocycles. The number of aromatic nitrogens is 2. The summed E-state index contributed by atoms with van der Waals surface area (Å²) in [4.78, 5) is 0.656. The molecule has 0 atom stereocenters. The van der Waals surface area contributed by atoms with Crippen molar-refractivity contribution < 1.29 is 16.8 Å². The second-order valence-corrected chi connectivity index (χ2v) is 20.0. The zero-order valence-electron chi connectivity index (χ0n) is 31.9. The third-order valence-corrected chi connectivity index (χ3v) is 16.0. The van der Waals surface area contributed by atoms with Crippen LogP contribution in [0.1, 0.15) is 113 Å². The van der Waals surface area contributed by atoms with Crippen LogP contribution in [0.4, 0.5) is 0 Å². The molecule has 52 heavy (non-hydrogen) atoms. The second kappa shape index (κ2) is 16.8. The Hall–Kier alpha value is -2.57. The van der Waals surface area contributed by atoms with Crippen LogP contribution in [0.5, 0.6) is 0 Å². The number of piperidine rings is 2. The van der Waals surface area contributed by atoms with E-state index in [1.165, 1.54) is 31.2 Å². The van der Waals surface area contributed by atoms with E-state index in [2.05, 4.69) is 31.3 Å². The van der Waals surface area contributed by atoms with Gasteiger partial charge in [0.2, 0.25) is 20.0 Å². The summed E-state index contributed by atoms with van der Waals surface area (Å²) < 4.78 is 62.8.